The second kappa shape index (κ2) is 14.3. The first kappa shape index (κ1) is 26.4. The van der Waals surface area contributed by atoms with Crippen LogP contribution in [0.2, 0.25) is 0 Å². The van der Waals surface area contributed by atoms with Gasteiger partial charge in [0, 0.05) is 11.6 Å². The van der Waals surface area contributed by atoms with E-state index in [4.69, 9.17) is 14.6 Å². The van der Waals surface area contributed by atoms with Gasteiger partial charge in [-0.2, -0.15) is 0 Å². The molecule has 0 spiro atoms. The first-order valence-corrected chi connectivity index (χ1v) is 12.6. The Balaban J connectivity index is 0.000000158. The standard InChI is InChI=1S/C14H21NO.C10H12O2.C6H6O/c1-13(15-10-6-3-7-11-15)12-16-14-8-4-2-5-9-14;1-7-4-5-12-10-3-2-8(11)6-9(7)10;7-6-4-2-1-3-5-6/h2,4-5,8-9,13H,3,6-7,10-12H2,1H3;2-3,6-7,11H,4-5H2,1H3;1-5,7H/t13-;7-;/m00./s1. The number of phenols is 2. The van der Waals surface area contributed by atoms with Gasteiger partial charge in [-0.1, -0.05) is 49.7 Å². The molecule has 1 saturated heterocycles. The SMILES string of the molecule is C[C@@H](COc1ccccc1)N1CCCCC1.C[C@H]1CCOc2ccc(O)cc21.Oc1ccccc1. The zero-order valence-corrected chi connectivity index (χ0v) is 21.0. The molecule has 0 radical (unpaired) electrons. The Bertz CT molecular complexity index is 974. The molecule has 2 aliphatic heterocycles. The molecule has 5 heteroatoms. The van der Waals surface area contributed by atoms with Crippen molar-refractivity contribution in [2.75, 3.05) is 26.3 Å². The summed E-state index contributed by atoms with van der Waals surface area (Å²) in [6.45, 7) is 8.47. The maximum atomic E-state index is 9.25. The van der Waals surface area contributed by atoms with E-state index >= 15 is 0 Å². The van der Waals surface area contributed by atoms with Gasteiger partial charge in [-0.25, -0.2) is 0 Å². The molecule has 0 aliphatic carbocycles. The van der Waals surface area contributed by atoms with Crippen LogP contribution in [0, 0.1) is 0 Å². The Morgan fingerprint density at radius 2 is 1.54 bits per heavy atom. The third-order valence-corrected chi connectivity index (χ3v) is 6.34. The average molecular weight is 478 g/mol. The summed E-state index contributed by atoms with van der Waals surface area (Å²) in [5.74, 6) is 3.05. The Hall–Kier alpha value is -3.18. The fourth-order valence-corrected chi connectivity index (χ4v) is 4.18. The molecule has 3 aromatic carbocycles. The summed E-state index contributed by atoms with van der Waals surface area (Å²) in [4.78, 5) is 2.53. The normalized spacial score (nSPS) is 17.8. The van der Waals surface area contributed by atoms with E-state index in [1.54, 1.807) is 36.4 Å². The van der Waals surface area contributed by atoms with E-state index in [9.17, 15) is 5.11 Å². The topological polar surface area (TPSA) is 62.2 Å². The first-order chi connectivity index (χ1) is 17.0. The number of nitrogens with zero attached hydrogens (tertiary/aromatic N) is 1. The minimum absolute atomic E-state index is 0.322. The van der Waals surface area contributed by atoms with Crippen molar-refractivity contribution in [3.05, 3.63) is 84.4 Å². The molecule has 1 fully saturated rings. The molecule has 188 valence electrons. The van der Waals surface area contributed by atoms with Crippen LogP contribution in [0.1, 0.15) is 51.0 Å². The lowest BCUT2D eigenvalue weighted by molar-refractivity contribution is 0.125. The average Bonchev–Trinajstić information content (AvgIpc) is 2.90. The highest BCUT2D eigenvalue weighted by Gasteiger charge is 2.18. The van der Waals surface area contributed by atoms with Crippen LogP contribution < -0.4 is 9.47 Å². The molecule has 5 nitrogen and oxygen atoms in total. The summed E-state index contributed by atoms with van der Waals surface area (Å²) in [6.07, 6.45) is 5.12. The molecule has 0 saturated carbocycles. The number of rotatable bonds is 4. The van der Waals surface area contributed by atoms with Gasteiger partial charge in [0.2, 0.25) is 0 Å². The minimum Gasteiger partial charge on any atom is -0.508 e. The number of fused-ring (bicyclic) bond motifs is 1. The van der Waals surface area contributed by atoms with Crippen molar-refractivity contribution in [1.29, 1.82) is 0 Å². The summed E-state index contributed by atoms with van der Waals surface area (Å²) in [5, 5.41) is 17.9. The van der Waals surface area contributed by atoms with Crippen molar-refractivity contribution in [3.63, 3.8) is 0 Å². The molecule has 2 atom stereocenters. The highest BCUT2D eigenvalue weighted by molar-refractivity contribution is 5.42. The fraction of sp³-hybridized carbons (Fsp3) is 0.400. The van der Waals surface area contributed by atoms with Crippen LogP contribution in [0.4, 0.5) is 0 Å². The van der Waals surface area contributed by atoms with Crippen LogP contribution >= 0.6 is 0 Å². The van der Waals surface area contributed by atoms with Crippen molar-refractivity contribution < 1.29 is 19.7 Å². The lowest BCUT2D eigenvalue weighted by Crippen LogP contribution is -2.40. The zero-order valence-electron chi connectivity index (χ0n) is 21.0. The van der Waals surface area contributed by atoms with E-state index in [1.807, 2.05) is 42.5 Å². The van der Waals surface area contributed by atoms with E-state index < -0.39 is 0 Å². The number of benzene rings is 3. The number of ether oxygens (including phenoxy) is 2. The predicted molar refractivity (Wildman–Crippen MR) is 142 cm³/mol. The van der Waals surface area contributed by atoms with Gasteiger partial charge in [0.1, 0.15) is 29.6 Å². The van der Waals surface area contributed by atoms with Gasteiger partial charge in [-0.3, -0.25) is 4.90 Å². The van der Waals surface area contributed by atoms with E-state index in [-0.39, 0.29) is 0 Å². The van der Waals surface area contributed by atoms with Crippen LogP contribution in [-0.2, 0) is 0 Å². The zero-order chi connectivity index (χ0) is 24.9. The monoisotopic (exact) mass is 477 g/mol. The third-order valence-electron chi connectivity index (χ3n) is 6.34. The molecule has 0 amide bonds. The lowest BCUT2D eigenvalue weighted by Gasteiger charge is -2.32. The quantitative estimate of drug-likeness (QED) is 0.443. The predicted octanol–water partition coefficient (Wildman–Crippen LogP) is 6.61. The molecule has 2 N–H and O–H groups in total. The van der Waals surface area contributed by atoms with Crippen LogP contribution in [0.5, 0.6) is 23.0 Å². The highest BCUT2D eigenvalue weighted by Crippen LogP contribution is 2.35. The summed E-state index contributed by atoms with van der Waals surface area (Å²) in [7, 11) is 0. The second-order valence-corrected chi connectivity index (χ2v) is 9.17. The van der Waals surface area contributed by atoms with Crippen molar-refractivity contribution in [1.82, 2.24) is 4.90 Å². The molecule has 0 bridgehead atoms. The number of piperidine rings is 1. The Morgan fingerprint density at radius 1 is 0.886 bits per heavy atom. The number of hydrogen-bond donors (Lipinski definition) is 2. The van der Waals surface area contributed by atoms with Gasteiger partial charge in [0.05, 0.1) is 6.61 Å². The Kier molecular flexibility index (Phi) is 10.8. The number of aromatic hydroxyl groups is 2. The molecule has 3 aromatic rings. The summed E-state index contributed by atoms with van der Waals surface area (Å²) < 4.78 is 11.2. The fourth-order valence-electron chi connectivity index (χ4n) is 4.18. The lowest BCUT2D eigenvalue weighted by atomic mass is 9.95. The molecule has 2 aliphatic rings. The van der Waals surface area contributed by atoms with Crippen LogP contribution in [0.15, 0.2) is 78.9 Å². The number of likely N-dealkylation sites (tertiary alicyclic amines) is 1. The highest BCUT2D eigenvalue weighted by atomic mass is 16.5. The number of hydrogen-bond acceptors (Lipinski definition) is 5. The van der Waals surface area contributed by atoms with Crippen LogP contribution in [0.3, 0.4) is 0 Å². The van der Waals surface area contributed by atoms with Crippen molar-refractivity contribution in [3.8, 4) is 23.0 Å². The smallest absolute Gasteiger partial charge is 0.123 e. The maximum absolute atomic E-state index is 9.25. The van der Waals surface area contributed by atoms with Crippen molar-refractivity contribution >= 4 is 0 Å². The maximum Gasteiger partial charge on any atom is 0.123 e. The van der Waals surface area contributed by atoms with Crippen LogP contribution in [0.25, 0.3) is 0 Å². The molecular weight excluding hydrogens is 438 g/mol. The van der Waals surface area contributed by atoms with E-state index in [2.05, 4.69) is 18.7 Å². The summed E-state index contributed by atoms with van der Waals surface area (Å²) in [5.41, 5.74) is 1.13. The van der Waals surface area contributed by atoms with E-state index in [0.717, 1.165) is 36.7 Å². The molecule has 0 aromatic heterocycles. The van der Waals surface area contributed by atoms with Gasteiger partial charge in [-0.05, 0) is 87.7 Å². The van der Waals surface area contributed by atoms with Gasteiger partial charge >= 0.3 is 0 Å². The Morgan fingerprint density at radius 3 is 2.17 bits per heavy atom. The minimum atomic E-state index is 0.322. The van der Waals surface area contributed by atoms with Crippen molar-refractivity contribution in [2.24, 2.45) is 0 Å². The second-order valence-electron chi connectivity index (χ2n) is 9.17. The molecule has 2 heterocycles. The number of para-hydroxylation sites is 2. The summed E-state index contributed by atoms with van der Waals surface area (Å²) in [6, 6.07) is 24.6. The van der Waals surface area contributed by atoms with E-state index in [1.165, 1.54) is 32.4 Å². The largest absolute Gasteiger partial charge is 0.508 e. The Labute approximate surface area is 210 Å². The van der Waals surface area contributed by atoms with Crippen molar-refractivity contribution in [2.45, 2.75) is 51.5 Å². The molecule has 35 heavy (non-hydrogen) atoms. The van der Waals surface area contributed by atoms with Gasteiger partial charge in [0.25, 0.3) is 0 Å². The van der Waals surface area contributed by atoms with Gasteiger partial charge < -0.3 is 19.7 Å². The summed E-state index contributed by atoms with van der Waals surface area (Å²) >= 11 is 0. The van der Waals surface area contributed by atoms with Gasteiger partial charge in [-0.15, -0.1) is 0 Å². The molecule has 5 rings (SSSR count). The molecule has 0 unspecified atom stereocenters. The van der Waals surface area contributed by atoms with E-state index in [0.29, 0.717) is 23.5 Å². The number of phenolic OH excluding ortho intramolecular Hbond substituents is 2. The van der Waals surface area contributed by atoms with Crippen LogP contribution in [-0.4, -0.2) is 47.5 Å². The third kappa shape index (κ3) is 9.18. The van der Waals surface area contributed by atoms with Gasteiger partial charge in [0.15, 0.2) is 0 Å². The first-order valence-electron chi connectivity index (χ1n) is 12.6. The molecular formula is C30H39NO4.